The smallest absolute Gasteiger partial charge is 0.161 e. The molecule has 0 saturated carbocycles. The quantitative estimate of drug-likeness (QED) is 0.599. The molecular formula is C24H29N5O2. The first-order chi connectivity index (χ1) is 15.2. The lowest BCUT2D eigenvalue weighted by Gasteiger charge is -2.30. The summed E-state index contributed by atoms with van der Waals surface area (Å²) in [6.07, 6.45) is 4.43. The highest BCUT2D eigenvalue weighted by atomic mass is 16.5. The van der Waals surface area contributed by atoms with E-state index in [4.69, 9.17) is 19.4 Å². The van der Waals surface area contributed by atoms with Crippen LogP contribution < -0.4 is 10.1 Å². The summed E-state index contributed by atoms with van der Waals surface area (Å²) in [7, 11) is 3.41. The Bertz CT molecular complexity index is 995. The molecule has 0 saturated heterocycles. The van der Waals surface area contributed by atoms with E-state index in [9.17, 15) is 0 Å². The van der Waals surface area contributed by atoms with E-state index in [1.165, 1.54) is 11.1 Å². The second-order valence-electron chi connectivity index (χ2n) is 7.87. The highest BCUT2D eigenvalue weighted by molar-refractivity contribution is 5.60. The van der Waals surface area contributed by atoms with E-state index in [0.29, 0.717) is 6.61 Å². The molecule has 4 rings (SSSR count). The minimum atomic E-state index is 0.145. The zero-order chi connectivity index (χ0) is 21.6. The predicted octanol–water partition coefficient (Wildman–Crippen LogP) is 3.55. The van der Waals surface area contributed by atoms with Gasteiger partial charge in [-0.3, -0.25) is 9.88 Å². The van der Waals surface area contributed by atoms with E-state index < -0.39 is 0 Å². The van der Waals surface area contributed by atoms with E-state index in [1.807, 2.05) is 24.3 Å². The van der Waals surface area contributed by atoms with Crippen molar-refractivity contribution in [3.8, 4) is 17.1 Å². The highest BCUT2D eigenvalue weighted by Crippen LogP contribution is 2.28. The number of hydrogen-bond acceptors (Lipinski definition) is 7. The van der Waals surface area contributed by atoms with Gasteiger partial charge in [-0.15, -0.1) is 0 Å². The van der Waals surface area contributed by atoms with Gasteiger partial charge in [-0.1, -0.05) is 12.1 Å². The van der Waals surface area contributed by atoms with Gasteiger partial charge in [-0.05, 0) is 36.8 Å². The van der Waals surface area contributed by atoms with Crippen molar-refractivity contribution in [2.24, 2.45) is 0 Å². The maximum absolute atomic E-state index is 5.32. The minimum Gasteiger partial charge on any atom is -0.497 e. The molecule has 0 aliphatic carbocycles. The van der Waals surface area contributed by atoms with Crippen LogP contribution in [-0.4, -0.2) is 53.3 Å². The standard InChI is InChI=1S/C24H29N5O2/c1-17(16-30-2)26-24-21-15-29(14-18-4-6-20(31-3)7-5-18)13-10-22(21)27-23(28-24)19-8-11-25-12-9-19/h4-9,11-12,17H,10,13-16H2,1-3H3,(H,26,27,28)/t17-/m0/s1. The topological polar surface area (TPSA) is 72.4 Å². The molecule has 31 heavy (non-hydrogen) atoms. The Hall–Kier alpha value is -3.03. The zero-order valence-corrected chi connectivity index (χ0v) is 18.3. The normalized spacial score (nSPS) is 14.7. The lowest BCUT2D eigenvalue weighted by atomic mass is 10.0. The molecule has 0 amide bonds. The zero-order valence-electron chi connectivity index (χ0n) is 18.3. The van der Waals surface area contributed by atoms with Gasteiger partial charge in [0.15, 0.2) is 5.82 Å². The van der Waals surface area contributed by atoms with Crippen molar-refractivity contribution < 1.29 is 9.47 Å². The Kier molecular flexibility index (Phi) is 6.74. The van der Waals surface area contributed by atoms with Crippen LogP contribution in [0, 0.1) is 0 Å². The first-order valence-corrected chi connectivity index (χ1v) is 10.6. The molecule has 1 aliphatic rings. The van der Waals surface area contributed by atoms with Crippen LogP contribution in [0.15, 0.2) is 48.8 Å². The Morgan fingerprint density at radius 1 is 1.06 bits per heavy atom. The van der Waals surface area contributed by atoms with Gasteiger partial charge < -0.3 is 14.8 Å². The Morgan fingerprint density at radius 3 is 2.55 bits per heavy atom. The number of ether oxygens (including phenoxy) is 2. The second kappa shape index (κ2) is 9.85. The number of rotatable bonds is 8. The maximum Gasteiger partial charge on any atom is 0.161 e. The highest BCUT2D eigenvalue weighted by Gasteiger charge is 2.24. The summed E-state index contributed by atoms with van der Waals surface area (Å²) in [5.41, 5.74) is 4.52. The van der Waals surface area contributed by atoms with Crippen LogP contribution in [0.25, 0.3) is 11.4 Å². The number of benzene rings is 1. The predicted molar refractivity (Wildman–Crippen MR) is 121 cm³/mol. The number of fused-ring (bicyclic) bond motifs is 1. The van der Waals surface area contributed by atoms with Crippen molar-refractivity contribution in [1.82, 2.24) is 19.9 Å². The molecule has 1 aromatic carbocycles. The molecule has 0 radical (unpaired) electrons. The fourth-order valence-electron chi connectivity index (χ4n) is 3.87. The van der Waals surface area contributed by atoms with Gasteiger partial charge >= 0.3 is 0 Å². The third-order valence-electron chi connectivity index (χ3n) is 5.44. The van der Waals surface area contributed by atoms with Crippen LogP contribution in [0.1, 0.15) is 23.7 Å². The van der Waals surface area contributed by atoms with Crippen LogP contribution in [0.4, 0.5) is 5.82 Å². The summed E-state index contributed by atoms with van der Waals surface area (Å²) in [6, 6.07) is 12.3. The molecule has 1 atom stereocenters. The molecule has 0 fully saturated rings. The van der Waals surface area contributed by atoms with Crippen molar-refractivity contribution in [2.75, 3.05) is 32.7 Å². The van der Waals surface area contributed by atoms with Gasteiger partial charge in [-0.2, -0.15) is 0 Å². The summed E-state index contributed by atoms with van der Waals surface area (Å²) < 4.78 is 10.6. The van der Waals surface area contributed by atoms with E-state index in [2.05, 4.69) is 34.3 Å². The molecule has 1 aliphatic heterocycles. The van der Waals surface area contributed by atoms with Gasteiger partial charge in [0.1, 0.15) is 11.6 Å². The molecule has 2 aromatic heterocycles. The number of aromatic nitrogens is 3. The average molecular weight is 420 g/mol. The number of nitrogens with zero attached hydrogens (tertiary/aromatic N) is 4. The Labute approximate surface area is 183 Å². The molecule has 1 N–H and O–H groups in total. The van der Waals surface area contributed by atoms with Crippen LogP contribution in [0.3, 0.4) is 0 Å². The van der Waals surface area contributed by atoms with Crippen molar-refractivity contribution in [2.45, 2.75) is 32.5 Å². The monoisotopic (exact) mass is 419 g/mol. The Balaban J connectivity index is 1.60. The summed E-state index contributed by atoms with van der Waals surface area (Å²) in [5.74, 6) is 2.50. The molecule has 0 bridgehead atoms. The summed E-state index contributed by atoms with van der Waals surface area (Å²) in [4.78, 5) is 16.4. The SMILES string of the molecule is COC[C@H](C)Nc1nc(-c2ccncc2)nc2c1CN(Cc1ccc(OC)cc1)CC2. The van der Waals surface area contributed by atoms with Crippen LogP contribution in [0.5, 0.6) is 5.75 Å². The summed E-state index contributed by atoms with van der Waals surface area (Å²) in [5, 5.41) is 3.55. The maximum atomic E-state index is 5.32. The lowest BCUT2D eigenvalue weighted by Crippen LogP contribution is -2.33. The second-order valence-corrected chi connectivity index (χ2v) is 7.87. The molecule has 3 aromatic rings. The lowest BCUT2D eigenvalue weighted by molar-refractivity contribution is 0.190. The van der Waals surface area contributed by atoms with E-state index in [-0.39, 0.29) is 6.04 Å². The van der Waals surface area contributed by atoms with Crippen molar-refractivity contribution in [1.29, 1.82) is 0 Å². The summed E-state index contributed by atoms with van der Waals surface area (Å²) in [6.45, 7) is 5.35. The number of nitrogens with one attached hydrogen (secondary N) is 1. The number of methoxy groups -OCH3 is 2. The van der Waals surface area contributed by atoms with Gasteiger partial charge in [0.25, 0.3) is 0 Å². The van der Waals surface area contributed by atoms with Gasteiger partial charge in [-0.25, -0.2) is 9.97 Å². The first kappa shape index (κ1) is 21.2. The van der Waals surface area contributed by atoms with E-state index >= 15 is 0 Å². The average Bonchev–Trinajstić information content (AvgIpc) is 2.80. The molecule has 0 spiro atoms. The fraction of sp³-hybridized carbons (Fsp3) is 0.375. The number of anilines is 1. The largest absolute Gasteiger partial charge is 0.497 e. The Morgan fingerprint density at radius 2 is 1.84 bits per heavy atom. The third-order valence-corrected chi connectivity index (χ3v) is 5.44. The fourth-order valence-corrected chi connectivity index (χ4v) is 3.87. The molecular weight excluding hydrogens is 390 g/mol. The van der Waals surface area contributed by atoms with Gasteiger partial charge in [0, 0.05) is 62.7 Å². The molecule has 7 heteroatoms. The molecule has 0 unspecified atom stereocenters. The first-order valence-electron chi connectivity index (χ1n) is 10.6. The van der Waals surface area contributed by atoms with E-state index in [0.717, 1.165) is 54.7 Å². The summed E-state index contributed by atoms with van der Waals surface area (Å²) >= 11 is 0. The molecule has 3 heterocycles. The van der Waals surface area contributed by atoms with Crippen LogP contribution >= 0.6 is 0 Å². The van der Waals surface area contributed by atoms with Gasteiger partial charge in [0.05, 0.1) is 19.4 Å². The molecule has 7 nitrogen and oxygen atoms in total. The van der Waals surface area contributed by atoms with Crippen molar-refractivity contribution in [3.05, 3.63) is 65.6 Å². The van der Waals surface area contributed by atoms with Crippen molar-refractivity contribution >= 4 is 5.82 Å². The van der Waals surface area contributed by atoms with E-state index in [1.54, 1.807) is 26.6 Å². The third kappa shape index (κ3) is 5.18. The van der Waals surface area contributed by atoms with Gasteiger partial charge in [0.2, 0.25) is 0 Å². The molecule has 162 valence electrons. The van der Waals surface area contributed by atoms with Crippen molar-refractivity contribution in [3.63, 3.8) is 0 Å². The van der Waals surface area contributed by atoms with Crippen LogP contribution in [0.2, 0.25) is 0 Å². The number of pyridine rings is 1. The minimum absolute atomic E-state index is 0.145. The number of hydrogen-bond donors (Lipinski definition) is 1. The van der Waals surface area contributed by atoms with Crippen LogP contribution in [-0.2, 0) is 24.2 Å².